The first-order chi connectivity index (χ1) is 46.2. The number of phosphoric acid groups is 2. The molecule has 0 spiro atoms. The molecule has 0 bridgehead atoms. The molecule has 0 heterocycles. The first-order valence-electron chi connectivity index (χ1n) is 36.5. The van der Waals surface area contributed by atoms with Crippen molar-refractivity contribution >= 4 is 33.6 Å². The highest BCUT2D eigenvalue weighted by Gasteiger charge is 2.29. The van der Waals surface area contributed by atoms with Gasteiger partial charge in [0.1, 0.15) is 25.4 Å². The van der Waals surface area contributed by atoms with Crippen molar-refractivity contribution in [2.45, 2.75) is 296 Å². The third-order valence-corrected chi connectivity index (χ3v) is 16.8. The van der Waals surface area contributed by atoms with E-state index in [0.29, 0.717) is 19.3 Å². The number of allylic oxidation sites excluding steroid dienone is 22. The molecule has 16 nitrogen and oxygen atoms in total. The summed E-state index contributed by atoms with van der Waals surface area (Å²) in [4.78, 5) is 58.4. The Labute approximate surface area is 575 Å². The standard InChI is InChI=1S/C77H130O16P2/c1-4-7-10-13-16-19-22-24-26-28-30-32-33-34-35-36-37-39-41-42-44-46-49-51-54-57-60-63-75(80)87-66-72(78)67-89-94(83,84)90-68-73(79)69-91-95(85,86)92-71-74(93-77(82)65-62-59-56-53-48-21-18-15-12-9-6-3)70-88-76(81)64-61-58-55-52-50-47-45-43-40-38-31-29-27-25-23-20-17-14-11-8-5-2/h7-8,10-11,16-17,19-20,24-27,30-32,34-35,37-39,43,45,72-74,78-79H,4-6,9,12-15,18,21-23,28-29,33,36,40-42,44,46-71H2,1-3H3,(H,83,84)(H,85,86)/b10-7-,11-8-,19-16-,20-17-,26-24-,27-25-,32-30-,35-34-,38-31-,39-37-,45-43-. The number of unbranched alkanes of at least 4 members (excludes halogenated alkanes) is 23. The molecular weight excluding hydrogens is 1240 g/mol. The van der Waals surface area contributed by atoms with Crippen LogP contribution in [0.4, 0.5) is 0 Å². The molecule has 0 aromatic heterocycles. The van der Waals surface area contributed by atoms with Gasteiger partial charge >= 0.3 is 33.6 Å². The van der Waals surface area contributed by atoms with Crippen LogP contribution in [0.5, 0.6) is 0 Å². The van der Waals surface area contributed by atoms with Gasteiger partial charge in [-0.25, -0.2) is 9.13 Å². The molecular formula is C77H130O16P2. The molecule has 0 saturated heterocycles. The van der Waals surface area contributed by atoms with Crippen molar-refractivity contribution in [3.63, 3.8) is 0 Å². The van der Waals surface area contributed by atoms with Gasteiger partial charge in [0.2, 0.25) is 0 Å². The summed E-state index contributed by atoms with van der Waals surface area (Å²) in [6.07, 6.45) is 82.2. The number of aliphatic hydroxyl groups excluding tert-OH is 2. The maximum absolute atomic E-state index is 12.9. The third kappa shape index (κ3) is 70.8. The molecule has 0 fully saturated rings. The number of carbonyl (C=O) groups excluding carboxylic acids is 3. The maximum atomic E-state index is 12.9. The van der Waals surface area contributed by atoms with Crippen LogP contribution in [-0.2, 0) is 55.8 Å². The fraction of sp³-hybridized carbons (Fsp3) is 0.675. The summed E-state index contributed by atoms with van der Waals surface area (Å²) in [6, 6.07) is 0. The molecule has 18 heteroatoms. The minimum Gasteiger partial charge on any atom is -0.463 e. The van der Waals surface area contributed by atoms with Crippen LogP contribution in [0, 0.1) is 0 Å². The molecule has 0 amide bonds. The van der Waals surface area contributed by atoms with E-state index in [4.69, 9.17) is 32.3 Å². The molecule has 0 aromatic carbocycles. The zero-order chi connectivity index (χ0) is 69.5. The lowest BCUT2D eigenvalue weighted by Crippen LogP contribution is -2.30. The zero-order valence-electron chi connectivity index (χ0n) is 59.0. The molecule has 0 aliphatic rings. The predicted molar refractivity (Wildman–Crippen MR) is 390 cm³/mol. The highest BCUT2D eigenvalue weighted by molar-refractivity contribution is 7.47. The van der Waals surface area contributed by atoms with E-state index in [-0.39, 0.29) is 19.3 Å². The molecule has 0 rings (SSSR count). The van der Waals surface area contributed by atoms with Gasteiger partial charge in [0, 0.05) is 19.3 Å². The molecule has 4 N–H and O–H groups in total. The number of esters is 3. The van der Waals surface area contributed by atoms with Crippen molar-refractivity contribution in [2.75, 3.05) is 39.6 Å². The van der Waals surface area contributed by atoms with Gasteiger partial charge in [-0.05, 0) is 116 Å². The lowest BCUT2D eigenvalue weighted by molar-refractivity contribution is -0.161. The van der Waals surface area contributed by atoms with Crippen LogP contribution in [0.2, 0.25) is 0 Å². The van der Waals surface area contributed by atoms with Crippen LogP contribution in [0.25, 0.3) is 0 Å². The highest BCUT2D eigenvalue weighted by atomic mass is 31.2. The Balaban J connectivity index is 4.53. The van der Waals surface area contributed by atoms with Crippen LogP contribution in [0.15, 0.2) is 134 Å². The van der Waals surface area contributed by atoms with E-state index < -0.39 is 91.5 Å². The fourth-order valence-corrected chi connectivity index (χ4v) is 10.9. The highest BCUT2D eigenvalue weighted by Crippen LogP contribution is 2.45. The van der Waals surface area contributed by atoms with Crippen molar-refractivity contribution in [1.82, 2.24) is 0 Å². The van der Waals surface area contributed by atoms with Gasteiger partial charge in [0.05, 0.1) is 26.4 Å². The number of hydrogen-bond acceptors (Lipinski definition) is 14. The van der Waals surface area contributed by atoms with Gasteiger partial charge in [-0.1, -0.05) is 276 Å². The Morgan fingerprint density at radius 1 is 0.305 bits per heavy atom. The molecule has 0 aliphatic carbocycles. The second kappa shape index (κ2) is 69.6. The summed E-state index contributed by atoms with van der Waals surface area (Å²) in [5.74, 6) is -1.61. The Kier molecular flexibility index (Phi) is 66.4. The normalized spacial score (nSPS) is 14.9. The molecule has 95 heavy (non-hydrogen) atoms. The minimum absolute atomic E-state index is 0.0994. The quantitative estimate of drug-likeness (QED) is 0.0146. The van der Waals surface area contributed by atoms with Gasteiger partial charge in [-0.15, -0.1) is 0 Å². The van der Waals surface area contributed by atoms with E-state index >= 15 is 0 Å². The predicted octanol–water partition coefficient (Wildman–Crippen LogP) is 20.8. The molecule has 0 aliphatic heterocycles. The van der Waals surface area contributed by atoms with E-state index in [1.165, 1.54) is 57.8 Å². The average Bonchev–Trinajstić information content (AvgIpc) is 3.10. The van der Waals surface area contributed by atoms with E-state index in [0.717, 1.165) is 161 Å². The van der Waals surface area contributed by atoms with Gasteiger partial charge in [-0.3, -0.25) is 32.5 Å². The maximum Gasteiger partial charge on any atom is 0.472 e. The summed E-state index contributed by atoms with van der Waals surface area (Å²) in [5.41, 5.74) is 0. The molecule has 0 radical (unpaired) electrons. The summed E-state index contributed by atoms with van der Waals surface area (Å²) < 4.78 is 60.9. The number of hydrogen-bond donors (Lipinski definition) is 4. The number of ether oxygens (including phenoxy) is 3. The topological polar surface area (TPSA) is 231 Å². The first-order valence-corrected chi connectivity index (χ1v) is 39.5. The smallest absolute Gasteiger partial charge is 0.463 e. The SMILES string of the molecule is CC/C=C\C/C=C\C/C=C\C/C=C\C/C=C\C/C=C\CCCCCCCCCCC(=O)OCC(O)COP(=O)(O)OCC(O)COP(=O)(O)OCC(COC(=O)CCCCCCC/C=C\C/C=C\C/C=C\C/C=C\C/C=C\CC)OC(=O)CCCCCCCCCCCCC. The van der Waals surface area contributed by atoms with Gasteiger partial charge in [0.15, 0.2) is 6.10 Å². The van der Waals surface area contributed by atoms with Crippen molar-refractivity contribution in [3.8, 4) is 0 Å². The number of rotatable bonds is 68. The van der Waals surface area contributed by atoms with Crippen molar-refractivity contribution in [2.24, 2.45) is 0 Å². The Morgan fingerprint density at radius 2 is 0.558 bits per heavy atom. The number of phosphoric ester groups is 2. The average molecular weight is 1370 g/mol. The summed E-state index contributed by atoms with van der Waals surface area (Å²) >= 11 is 0. The van der Waals surface area contributed by atoms with E-state index in [2.05, 4.69) is 154 Å². The van der Waals surface area contributed by atoms with Crippen molar-refractivity contribution in [1.29, 1.82) is 0 Å². The van der Waals surface area contributed by atoms with Crippen LogP contribution in [0.1, 0.15) is 278 Å². The van der Waals surface area contributed by atoms with Crippen molar-refractivity contribution < 1.29 is 75.8 Å². The molecule has 0 aromatic rings. The summed E-state index contributed by atoms with van der Waals surface area (Å²) in [7, 11) is -9.79. The molecule has 5 atom stereocenters. The second-order valence-corrected chi connectivity index (χ2v) is 26.9. The number of aliphatic hydroxyl groups is 2. The van der Waals surface area contributed by atoms with E-state index in [1.54, 1.807) is 0 Å². The first kappa shape index (κ1) is 90.7. The van der Waals surface area contributed by atoms with Crippen LogP contribution in [0.3, 0.4) is 0 Å². The lowest BCUT2D eigenvalue weighted by Gasteiger charge is -2.21. The monoisotopic (exact) mass is 1370 g/mol. The van der Waals surface area contributed by atoms with Crippen LogP contribution < -0.4 is 0 Å². The lowest BCUT2D eigenvalue weighted by atomic mass is 10.1. The zero-order valence-corrected chi connectivity index (χ0v) is 60.8. The second-order valence-electron chi connectivity index (χ2n) is 24.0. The van der Waals surface area contributed by atoms with Gasteiger partial charge < -0.3 is 34.2 Å². The van der Waals surface area contributed by atoms with Crippen LogP contribution >= 0.6 is 15.6 Å². The van der Waals surface area contributed by atoms with E-state index in [9.17, 15) is 43.5 Å². The molecule has 544 valence electrons. The van der Waals surface area contributed by atoms with Crippen molar-refractivity contribution in [3.05, 3.63) is 134 Å². The van der Waals surface area contributed by atoms with E-state index in [1.807, 2.05) is 0 Å². The van der Waals surface area contributed by atoms with Gasteiger partial charge in [0.25, 0.3) is 0 Å². The minimum atomic E-state index is -4.93. The fourth-order valence-electron chi connectivity index (χ4n) is 9.36. The Bertz CT molecular complexity index is 2260. The largest absolute Gasteiger partial charge is 0.472 e. The van der Waals surface area contributed by atoms with Gasteiger partial charge in [-0.2, -0.15) is 0 Å². The summed E-state index contributed by atoms with van der Waals surface area (Å²) in [5, 5.41) is 20.6. The Morgan fingerprint density at radius 3 is 0.884 bits per heavy atom. The third-order valence-electron chi connectivity index (χ3n) is 14.9. The summed E-state index contributed by atoms with van der Waals surface area (Å²) in [6.45, 7) is 2.40. The van der Waals surface area contributed by atoms with Crippen LogP contribution in [-0.4, -0.2) is 95.9 Å². The molecule has 0 saturated carbocycles. The Hall–Kier alpha value is -4.31. The molecule has 5 unspecified atom stereocenters. The number of carbonyl (C=O) groups is 3.